The number of amides is 1. The van der Waals surface area contributed by atoms with Gasteiger partial charge in [0.15, 0.2) is 0 Å². The maximum absolute atomic E-state index is 13.6. The molecule has 0 radical (unpaired) electrons. The van der Waals surface area contributed by atoms with E-state index in [0.717, 1.165) is 11.6 Å². The minimum absolute atomic E-state index is 0.151. The molecule has 1 aliphatic heterocycles. The summed E-state index contributed by atoms with van der Waals surface area (Å²) in [5.74, 6) is -1.96. The van der Waals surface area contributed by atoms with Crippen molar-refractivity contribution in [2.45, 2.75) is 6.42 Å². The number of rotatable bonds is 3. The van der Waals surface area contributed by atoms with Gasteiger partial charge in [0.25, 0.3) is 11.7 Å². The number of nitrogens with zero attached hydrogens (tertiary/aromatic N) is 2. The maximum atomic E-state index is 13.6. The fourth-order valence-corrected chi connectivity index (χ4v) is 2.46. The van der Waals surface area contributed by atoms with Crippen LogP contribution >= 0.6 is 11.6 Å². The highest BCUT2D eigenvalue weighted by atomic mass is 35.5. The van der Waals surface area contributed by atoms with Gasteiger partial charge < -0.3 is 4.90 Å². The largest absolute Gasteiger partial charge is 0.304 e. The van der Waals surface area contributed by atoms with Gasteiger partial charge in [0.05, 0.1) is 16.3 Å². The molecule has 3 rings (SSSR count). The van der Waals surface area contributed by atoms with Gasteiger partial charge in [0.2, 0.25) is 0 Å². The molecular formula is C15H10ClFN2O2. The second-order valence-corrected chi connectivity index (χ2v) is 5.09. The normalized spacial score (nSPS) is 13.7. The van der Waals surface area contributed by atoms with Crippen molar-refractivity contribution in [2.24, 2.45) is 0 Å². The van der Waals surface area contributed by atoms with Crippen LogP contribution in [0.5, 0.6) is 0 Å². The molecule has 1 aliphatic rings. The van der Waals surface area contributed by atoms with Gasteiger partial charge in [0.1, 0.15) is 5.82 Å². The average Bonchev–Trinajstić information content (AvgIpc) is 2.71. The highest BCUT2D eigenvalue weighted by molar-refractivity contribution is 6.52. The first-order valence-electron chi connectivity index (χ1n) is 6.32. The number of anilines is 1. The van der Waals surface area contributed by atoms with Gasteiger partial charge >= 0.3 is 0 Å². The zero-order chi connectivity index (χ0) is 15.0. The molecule has 0 unspecified atom stereocenters. The predicted molar refractivity (Wildman–Crippen MR) is 76.0 cm³/mol. The van der Waals surface area contributed by atoms with E-state index in [0.29, 0.717) is 6.42 Å². The van der Waals surface area contributed by atoms with Crippen molar-refractivity contribution in [3.63, 3.8) is 0 Å². The molecule has 4 nitrogen and oxygen atoms in total. The molecule has 0 N–H and O–H groups in total. The van der Waals surface area contributed by atoms with E-state index in [1.807, 2.05) is 6.07 Å². The Morgan fingerprint density at radius 3 is 2.81 bits per heavy atom. The molecule has 106 valence electrons. The van der Waals surface area contributed by atoms with E-state index >= 15 is 0 Å². The number of carbonyl (C=O) groups is 2. The van der Waals surface area contributed by atoms with E-state index in [2.05, 4.69) is 4.98 Å². The molecule has 2 heterocycles. The van der Waals surface area contributed by atoms with Gasteiger partial charge in [-0.05, 0) is 30.2 Å². The average molecular weight is 305 g/mol. The van der Waals surface area contributed by atoms with Crippen LogP contribution in [0.1, 0.15) is 15.9 Å². The van der Waals surface area contributed by atoms with Crippen molar-refractivity contribution >= 4 is 29.0 Å². The molecule has 0 aliphatic carbocycles. The number of hydrogen-bond donors (Lipinski definition) is 0. The van der Waals surface area contributed by atoms with Crippen molar-refractivity contribution in [1.82, 2.24) is 4.98 Å². The number of fused-ring (bicyclic) bond motifs is 1. The van der Waals surface area contributed by atoms with E-state index in [9.17, 15) is 14.0 Å². The summed E-state index contributed by atoms with van der Waals surface area (Å²) in [5, 5.41) is -0.163. The van der Waals surface area contributed by atoms with E-state index in [1.165, 1.54) is 11.0 Å². The van der Waals surface area contributed by atoms with Gasteiger partial charge in [-0.2, -0.15) is 0 Å². The lowest BCUT2D eigenvalue weighted by Gasteiger charge is -2.16. The van der Waals surface area contributed by atoms with Gasteiger partial charge in [-0.25, -0.2) is 4.39 Å². The summed E-state index contributed by atoms with van der Waals surface area (Å²) >= 11 is 5.66. The zero-order valence-electron chi connectivity index (χ0n) is 10.8. The molecule has 21 heavy (non-hydrogen) atoms. The minimum Gasteiger partial charge on any atom is -0.304 e. The predicted octanol–water partition coefficient (Wildman–Crippen LogP) is 2.65. The molecule has 0 atom stereocenters. The molecule has 1 amide bonds. The molecule has 0 saturated carbocycles. The van der Waals surface area contributed by atoms with E-state index in [1.54, 1.807) is 18.5 Å². The van der Waals surface area contributed by atoms with Crippen LogP contribution < -0.4 is 4.90 Å². The molecule has 0 spiro atoms. The number of halogens is 2. The highest BCUT2D eigenvalue weighted by Crippen LogP contribution is 2.33. The van der Waals surface area contributed by atoms with Crippen LogP contribution in [0.4, 0.5) is 10.1 Å². The molecule has 0 fully saturated rings. The monoisotopic (exact) mass is 304 g/mol. The Kier molecular flexibility index (Phi) is 3.43. The van der Waals surface area contributed by atoms with Gasteiger partial charge in [0, 0.05) is 18.9 Å². The lowest BCUT2D eigenvalue weighted by Crippen LogP contribution is -2.31. The van der Waals surface area contributed by atoms with Crippen LogP contribution in [0, 0.1) is 5.82 Å². The van der Waals surface area contributed by atoms with Crippen LogP contribution in [0.2, 0.25) is 5.02 Å². The minimum atomic E-state index is -0.657. The number of ketones is 1. The van der Waals surface area contributed by atoms with Gasteiger partial charge in [-0.1, -0.05) is 17.7 Å². The second-order valence-electron chi connectivity index (χ2n) is 4.68. The van der Waals surface area contributed by atoms with Crippen LogP contribution in [0.15, 0.2) is 36.7 Å². The quantitative estimate of drug-likeness (QED) is 0.819. The smallest absolute Gasteiger partial charge is 0.299 e. The number of aromatic nitrogens is 1. The first-order chi connectivity index (χ1) is 10.1. The number of benzene rings is 1. The van der Waals surface area contributed by atoms with Crippen LogP contribution in [0.3, 0.4) is 0 Å². The van der Waals surface area contributed by atoms with Gasteiger partial charge in [-0.3, -0.25) is 14.6 Å². The Hall–Kier alpha value is -2.27. The number of carbonyl (C=O) groups excluding carboxylic acids is 2. The Balaban J connectivity index is 1.89. The summed E-state index contributed by atoms with van der Waals surface area (Å²) in [6.45, 7) is 0.282. The van der Waals surface area contributed by atoms with Crippen LogP contribution in [-0.2, 0) is 11.2 Å². The Morgan fingerprint density at radius 1 is 1.29 bits per heavy atom. The van der Waals surface area contributed by atoms with Crippen molar-refractivity contribution in [1.29, 1.82) is 0 Å². The fourth-order valence-electron chi connectivity index (χ4n) is 2.30. The molecule has 0 saturated heterocycles. The van der Waals surface area contributed by atoms with Crippen molar-refractivity contribution in [2.75, 3.05) is 11.4 Å². The second kappa shape index (κ2) is 5.26. The Labute approximate surface area is 125 Å². The lowest BCUT2D eigenvalue weighted by atomic mass is 10.1. The topological polar surface area (TPSA) is 50.3 Å². The third kappa shape index (κ3) is 2.40. The van der Waals surface area contributed by atoms with E-state index in [-0.39, 0.29) is 22.8 Å². The van der Waals surface area contributed by atoms with Crippen molar-refractivity contribution in [3.05, 3.63) is 58.6 Å². The molecule has 2 aromatic rings. The summed E-state index contributed by atoms with van der Waals surface area (Å²) in [4.78, 5) is 29.2. The van der Waals surface area contributed by atoms with Crippen LogP contribution in [-0.4, -0.2) is 23.2 Å². The third-order valence-corrected chi connectivity index (χ3v) is 3.65. The van der Waals surface area contributed by atoms with Crippen molar-refractivity contribution in [3.8, 4) is 0 Å². The van der Waals surface area contributed by atoms with Crippen LogP contribution in [0.25, 0.3) is 0 Å². The number of hydrogen-bond acceptors (Lipinski definition) is 3. The molecular weight excluding hydrogens is 295 g/mol. The maximum Gasteiger partial charge on any atom is 0.299 e. The SMILES string of the molecule is O=C1C(=O)N(CCc2cccnc2)c2cc(F)c(Cl)cc21. The third-order valence-electron chi connectivity index (χ3n) is 3.36. The number of pyridine rings is 1. The summed E-state index contributed by atoms with van der Waals surface area (Å²) in [5.41, 5.74) is 1.36. The summed E-state index contributed by atoms with van der Waals surface area (Å²) in [6.07, 6.45) is 3.86. The molecule has 1 aromatic heterocycles. The Morgan fingerprint density at radius 2 is 2.10 bits per heavy atom. The molecule has 6 heteroatoms. The summed E-state index contributed by atoms with van der Waals surface area (Å²) in [7, 11) is 0. The summed E-state index contributed by atoms with van der Waals surface area (Å²) in [6, 6.07) is 6.00. The molecule has 1 aromatic carbocycles. The van der Waals surface area contributed by atoms with E-state index in [4.69, 9.17) is 11.6 Å². The molecule has 0 bridgehead atoms. The van der Waals surface area contributed by atoms with Crippen molar-refractivity contribution < 1.29 is 14.0 Å². The Bertz CT molecular complexity index is 734. The number of Topliss-reactive ketones (excluding diaryl/α,β-unsaturated/α-hetero) is 1. The first-order valence-corrected chi connectivity index (χ1v) is 6.70. The fraction of sp³-hybridized carbons (Fsp3) is 0.133. The van der Waals surface area contributed by atoms with Gasteiger partial charge in [-0.15, -0.1) is 0 Å². The highest BCUT2D eigenvalue weighted by Gasteiger charge is 2.36. The first kappa shape index (κ1) is 13.7. The lowest BCUT2D eigenvalue weighted by molar-refractivity contribution is -0.114. The summed E-state index contributed by atoms with van der Waals surface area (Å²) < 4.78 is 13.6. The van der Waals surface area contributed by atoms with E-state index < -0.39 is 17.5 Å². The zero-order valence-corrected chi connectivity index (χ0v) is 11.6. The standard InChI is InChI=1S/C15H10ClFN2O2/c16-11-6-10-13(7-12(11)17)19(15(21)14(10)20)5-3-9-2-1-4-18-8-9/h1-2,4,6-8H,3,5H2.